The zero-order valence-electron chi connectivity index (χ0n) is 14.6. The van der Waals surface area contributed by atoms with E-state index in [1.54, 1.807) is 12.2 Å². The lowest BCUT2D eigenvalue weighted by molar-refractivity contribution is -0.394. The Kier molecular flexibility index (Phi) is 5.12. The number of rotatable bonds is 5. The Labute approximate surface area is 155 Å². The lowest BCUT2D eigenvalue weighted by Gasteiger charge is -2.29. The van der Waals surface area contributed by atoms with Crippen molar-refractivity contribution in [1.82, 2.24) is 0 Å². The van der Waals surface area contributed by atoms with Gasteiger partial charge in [-0.05, 0) is 42.8 Å². The minimum atomic E-state index is -0.647. The maximum Gasteiger partial charge on any atom is 0.283 e. The topological polar surface area (TPSA) is 89.5 Å². The molecule has 1 aliphatic rings. The first-order valence-electron chi connectivity index (χ1n) is 8.37. The van der Waals surface area contributed by atoms with Crippen LogP contribution in [0.5, 0.6) is 0 Å². The summed E-state index contributed by atoms with van der Waals surface area (Å²) in [5.74, 6) is 0. The molecule has 7 heteroatoms. The molecule has 0 saturated carbocycles. The van der Waals surface area contributed by atoms with Gasteiger partial charge in [0.1, 0.15) is 0 Å². The molecule has 1 heterocycles. The van der Waals surface area contributed by atoms with Gasteiger partial charge in [-0.3, -0.25) is 20.2 Å². The molecule has 1 aliphatic heterocycles. The Hall–Kier alpha value is -3.74. The Balaban J connectivity index is 1.91. The van der Waals surface area contributed by atoms with Crippen LogP contribution < -0.4 is 4.90 Å². The summed E-state index contributed by atoms with van der Waals surface area (Å²) in [5.41, 5.74) is 2.90. The lowest BCUT2D eigenvalue weighted by atomic mass is 10.1. The summed E-state index contributed by atoms with van der Waals surface area (Å²) < 4.78 is 0. The number of non-ortho nitro benzene ring substituents is 1. The van der Waals surface area contributed by atoms with Crippen molar-refractivity contribution in [1.29, 1.82) is 0 Å². The van der Waals surface area contributed by atoms with Crippen LogP contribution in [-0.2, 0) is 0 Å². The van der Waals surface area contributed by atoms with E-state index in [4.69, 9.17) is 0 Å². The quantitative estimate of drug-likeness (QED) is 0.553. The van der Waals surface area contributed by atoms with Gasteiger partial charge < -0.3 is 4.90 Å². The van der Waals surface area contributed by atoms with Crippen molar-refractivity contribution in [3.8, 4) is 0 Å². The summed E-state index contributed by atoms with van der Waals surface area (Å²) in [7, 11) is 0. The fourth-order valence-electron chi connectivity index (χ4n) is 2.97. The molecule has 0 bridgehead atoms. The van der Waals surface area contributed by atoms with E-state index < -0.39 is 9.85 Å². The summed E-state index contributed by atoms with van der Waals surface area (Å²) in [6, 6.07) is 11.7. The van der Waals surface area contributed by atoms with Crippen LogP contribution in [0.2, 0.25) is 0 Å². The number of hydrogen-bond acceptors (Lipinski definition) is 5. The molecule has 2 aromatic rings. The number of nitrogens with zero attached hydrogens (tertiary/aromatic N) is 3. The molecule has 27 heavy (non-hydrogen) atoms. The van der Waals surface area contributed by atoms with Crippen molar-refractivity contribution in [3.63, 3.8) is 0 Å². The summed E-state index contributed by atoms with van der Waals surface area (Å²) in [4.78, 5) is 22.9. The summed E-state index contributed by atoms with van der Waals surface area (Å²) in [6.07, 6.45) is 9.17. The Bertz CT molecular complexity index is 992. The van der Waals surface area contributed by atoms with Gasteiger partial charge in [-0.15, -0.1) is 0 Å². The van der Waals surface area contributed by atoms with E-state index in [0.717, 1.165) is 29.6 Å². The van der Waals surface area contributed by atoms with Crippen LogP contribution in [0, 0.1) is 20.2 Å². The fraction of sp³-hybridized carbons (Fsp3) is 0.100. The third kappa shape index (κ3) is 3.77. The van der Waals surface area contributed by atoms with Crippen molar-refractivity contribution in [2.75, 3.05) is 11.4 Å². The molecule has 136 valence electrons. The van der Waals surface area contributed by atoms with Crippen LogP contribution in [0.25, 0.3) is 12.2 Å². The standard InChI is InChI=1S/C20H17N3O4/c1-2-21-17(12-10-15-6-3-4-9-19(15)21)8-5-7-16-11-13-18(22(24)25)14-20(16)23(26)27/h3-14H,2H2,1H3. The monoisotopic (exact) mass is 363 g/mol. The van der Waals surface area contributed by atoms with E-state index in [9.17, 15) is 20.2 Å². The summed E-state index contributed by atoms with van der Waals surface area (Å²) in [6.45, 7) is 2.83. The third-order valence-corrected chi connectivity index (χ3v) is 4.25. The lowest BCUT2D eigenvalue weighted by Crippen LogP contribution is -2.23. The summed E-state index contributed by atoms with van der Waals surface area (Å²) >= 11 is 0. The van der Waals surface area contributed by atoms with Crippen LogP contribution in [0.1, 0.15) is 18.1 Å². The van der Waals surface area contributed by atoms with E-state index in [1.165, 1.54) is 12.1 Å². The number of para-hydroxylation sites is 1. The maximum absolute atomic E-state index is 11.2. The van der Waals surface area contributed by atoms with Gasteiger partial charge in [-0.25, -0.2) is 0 Å². The fourth-order valence-corrected chi connectivity index (χ4v) is 2.97. The molecule has 0 saturated heterocycles. The minimum absolute atomic E-state index is 0.296. The summed E-state index contributed by atoms with van der Waals surface area (Å²) in [5, 5.41) is 22.0. The molecule has 0 unspecified atom stereocenters. The van der Waals surface area contributed by atoms with Crippen LogP contribution in [0.3, 0.4) is 0 Å². The highest BCUT2D eigenvalue weighted by Crippen LogP contribution is 2.30. The van der Waals surface area contributed by atoms with E-state index in [-0.39, 0.29) is 11.4 Å². The molecule has 0 aliphatic carbocycles. The molecule has 0 N–H and O–H groups in total. The van der Waals surface area contributed by atoms with Crippen LogP contribution in [0.15, 0.2) is 66.4 Å². The number of nitro groups is 2. The first kappa shape index (κ1) is 18.1. The third-order valence-electron chi connectivity index (χ3n) is 4.25. The van der Waals surface area contributed by atoms with Gasteiger partial charge in [0.15, 0.2) is 0 Å². The number of anilines is 1. The predicted molar refractivity (Wildman–Crippen MR) is 105 cm³/mol. The van der Waals surface area contributed by atoms with Crippen LogP contribution in [0.4, 0.5) is 17.1 Å². The Morgan fingerprint density at radius 2 is 1.81 bits per heavy atom. The molecule has 7 nitrogen and oxygen atoms in total. The molecule has 0 spiro atoms. The van der Waals surface area contributed by atoms with Gasteiger partial charge in [0, 0.05) is 24.0 Å². The van der Waals surface area contributed by atoms with Crippen LogP contribution >= 0.6 is 0 Å². The Morgan fingerprint density at radius 1 is 1.04 bits per heavy atom. The molecule has 2 aromatic carbocycles. The highest BCUT2D eigenvalue weighted by molar-refractivity contribution is 5.77. The molecule has 0 amide bonds. The largest absolute Gasteiger partial charge is 0.341 e. The Morgan fingerprint density at radius 3 is 2.52 bits per heavy atom. The van der Waals surface area contributed by atoms with E-state index in [2.05, 4.69) is 11.8 Å². The van der Waals surface area contributed by atoms with Gasteiger partial charge in [-0.2, -0.15) is 0 Å². The highest BCUT2D eigenvalue weighted by atomic mass is 16.6. The van der Waals surface area contributed by atoms with Gasteiger partial charge in [0.25, 0.3) is 11.4 Å². The van der Waals surface area contributed by atoms with Crippen molar-refractivity contribution in [2.24, 2.45) is 0 Å². The van der Waals surface area contributed by atoms with Crippen molar-refractivity contribution < 1.29 is 9.85 Å². The molecule has 0 atom stereocenters. The zero-order valence-corrected chi connectivity index (χ0v) is 14.6. The molecule has 0 fully saturated rings. The average molecular weight is 363 g/mol. The smallest absolute Gasteiger partial charge is 0.283 e. The van der Waals surface area contributed by atoms with E-state index in [1.807, 2.05) is 42.5 Å². The second-order valence-electron chi connectivity index (χ2n) is 5.84. The second-order valence-corrected chi connectivity index (χ2v) is 5.84. The highest BCUT2D eigenvalue weighted by Gasteiger charge is 2.18. The number of hydrogen-bond donors (Lipinski definition) is 0. The number of allylic oxidation sites excluding steroid dienone is 3. The molecule has 0 radical (unpaired) electrons. The van der Waals surface area contributed by atoms with Crippen LogP contribution in [-0.4, -0.2) is 16.4 Å². The first-order valence-corrected chi connectivity index (χ1v) is 8.37. The van der Waals surface area contributed by atoms with Crippen molar-refractivity contribution >= 4 is 29.2 Å². The number of nitro benzene ring substituents is 2. The molecular weight excluding hydrogens is 346 g/mol. The number of likely N-dealkylation sites (N-methyl/N-ethyl adjacent to an activating group) is 1. The van der Waals surface area contributed by atoms with E-state index in [0.29, 0.717) is 5.56 Å². The predicted octanol–water partition coefficient (Wildman–Crippen LogP) is 4.95. The first-order chi connectivity index (χ1) is 13.0. The van der Waals surface area contributed by atoms with Crippen molar-refractivity contribution in [2.45, 2.75) is 6.92 Å². The van der Waals surface area contributed by atoms with Gasteiger partial charge >= 0.3 is 0 Å². The normalized spacial score (nSPS) is 14.6. The maximum atomic E-state index is 11.2. The van der Waals surface area contributed by atoms with Gasteiger partial charge in [0.05, 0.1) is 21.5 Å². The average Bonchev–Trinajstić information content (AvgIpc) is 2.67. The number of fused-ring (bicyclic) bond motifs is 1. The molecule has 3 rings (SSSR count). The van der Waals surface area contributed by atoms with Gasteiger partial charge in [0.2, 0.25) is 0 Å². The molecule has 0 aromatic heterocycles. The SMILES string of the molecule is CCN1C(=CC=Cc2ccc([N+](=O)[O-])cc2[N+](=O)[O-])C=Cc2ccccc21. The minimum Gasteiger partial charge on any atom is -0.341 e. The van der Waals surface area contributed by atoms with E-state index >= 15 is 0 Å². The molecular formula is C20H17N3O4. The zero-order chi connectivity index (χ0) is 19.4. The second kappa shape index (κ2) is 7.65. The number of benzene rings is 2. The van der Waals surface area contributed by atoms with Gasteiger partial charge in [-0.1, -0.05) is 30.4 Å². The van der Waals surface area contributed by atoms with Crippen molar-refractivity contribution in [3.05, 3.63) is 97.7 Å².